The fraction of sp³-hybridized carbons (Fsp3) is 0.276. The summed E-state index contributed by atoms with van der Waals surface area (Å²) in [6.45, 7) is 1.25. The number of rotatable bonds is 7. The summed E-state index contributed by atoms with van der Waals surface area (Å²) in [6, 6.07) is 20.0. The van der Waals surface area contributed by atoms with E-state index < -0.39 is 11.9 Å². The number of benzene rings is 3. The molecule has 0 aliphatic carbocycles. The van der Waals surface area contributed by atoms with E-state index in [0.717, 1.165) is 22.4 Å². The molecular formula is C29H29N3O5. The molecule has 3 amide bonds. The highest BCUT2D eigenvalue weighted by Gasteiger charge is 2.39. The number of aromatic hydroxyl groups is 1. The van der Waals surface area contributed by atoms with Gasteiger partial charge < -0.3 is 19.6 Å². The van der Waals surface area contributed by atoms with Crippen LogP contribution in [0.2, 0.25) is 0 Å². The van der Waals surface area contributed by atoms with Crippen molar-refractivity contribution in [2.24, 2.45) is 0 Å². The zero-order valence-electron chi connectivity index (χ0n) is 20.6. The zero-order valence-corrected chi connectivity index (χ0v) is 20.6. The highest BCUT2D eigenvalue weighted by atomic mass is 16.5. The number of phenols is 1. The lowest BCUT2D eigenvalue weighted by molar-refractivity contribution is -0.132. The second-order valence-corrected chi connectivity index (χ2v) is 9.49. The predicted octanol–water partition coefficient (Wildman–Crippen LogP) is 3.76. The van der Waals surface area contributed by atoms with Crippen molar-refractivity contribution in [3.63, 3.8) is 0 Å². The fourth-order valence-electron chi connectivity index (χ4n) is 4.93. The first-order chi connectivity index (χ1) is 17.9. The molecule has 8 nitrogen and oxygen atoms in total. The predicted molar refractivity (Wildman–Crippen MR) is 138 cm³/mol. The summed E-state index contributed by atoms with van der Waals surface area (Å²) in [5.74, 6) is -0.0683. The maximum absolute atomic E-state index is 13.1. The third kappa shape index (κ3) is 5.14. The minimum atomic E-state index is -0.664. The molecule has 0 aromatic heterocycles. The molecule has 5 rings (SSSR count). The van der Waals surface area contributed by atoms with Crippen molar-refractivity contribution in [3.05, 3.63) is 89.0 Å². The Bertz CT molecular complexity index is 1340. The molecule has 1 saturated heterocycles. The first-order valence-electron chi connectivity index (χ1n) is 12.4. The fourth-order valence-corrected chi connectivity index (χ4v) is 4.93. The summed E-state index contributed by atoms with van der Waals surface area (Å²) in [6.07, 6.45) is 1.30. The number of nitrogens with zero attached hydrogens (tertiary/aromatic N) is 2. The van der Waals surface area contributed by atoms with E-state index in [0.29, 0.717) is 37.3 Å². The summed E-state index contributed by atoms with van der Waals surface area (Å²) < 4.78 is 6.12. The standard InChI is InChI=1S/C29H29N3O5/c1-31(23-7-2-3-9-25(23)33)16-19-12-14-20(15-13-19)18-37-26-10-4-6-21-22(26)17-32(29(21)36)24-8-5-11-27(34)30-28(24)35/h2-4,6-7,9-10,12-15,24,33H,5,8,11,16-18H2,1H3,(H,30,34,35)/t24-/m0/s1. The van der Waals surface area contributed by atoms with E-state index >= 15 is 0 Å². The number of hydrogen-bond donors (Lipinski definition) is 2. The monoisotopic (exact) mass is 499 g/mol. The number of anilines is 1. The van der Waals surface area contributed by atoms with Crippen LogP contribution in [0, 0.1) is 0 Å². The van der Waals surface area contributed by atoms with Gasteiger partial charge >= 0.3 is 0 Å². The van der Waals surface area contributed by atoms with Gasteiger partial charge in [0.15, 0.2) is 0 Å². The van der Waals surface area contributed by atoms with E-state index in [9.17, 15) is 19.5 Å². The maximum Gasteiger partial charge on any atom is 0.255 e. The molecule has 3 aromatic rings. The second-order valence-electron chi connectivity index (χ2n) is 9.49. The maximum atomic E-state index is 13.1. The van der Waals surface area contributed by atoms with Crippen LogP contribution in [0.15, 0.2) is 66.7 Å². The van der Waals surface area contributed by atoms with E-state index in [2.05, 4.69) is 5.32 Å². The Hall–Kier alpha value is -4.33. The Morgan fingerprint density at radius 3 is 2.54 bits per heavy atom. The van der Waals surface area contributed by atoms with Crippen LogP contribution < -0.4 is 15.0 Å². The summed E-state index contributed by atoms with van der Waals surface area (Å²) in [4.78, 5) is 40.9. The van der Waals surface area contributed by atoms with Crippen LogP contribution in [0.25, 0.3) is 0 Å². The number of carbonyl (C=O) groups is 3. The summed E-state index contributed by atoms with van der Waals surface area (Å²) >= 11 is 0. The largest absolute Gasteiger partial charge is 0.506 e. The first-order valence-corrected chi connectivity index (χ1v) is 12.4. The van der Waals surface area contributed by atoms with Gasteiger partial charge in [0, 0.05) is 31.1 Å². The minimum absolute atomic E-state index is 0.215. The van der Waals surface area contributed by atoms with Gasteiger partial charge in [0.25, 0.3) is 5.91 Å². The Balaban J connectivity index is 1.24. The number of fused-ring (bicyclic) bond motifs is 1. The minimum Gasteiger partial charge on any atom is -0.506 e. The SMILES string of the molecule is CN(Cc1ccc(COc2cccc3c2CN([C@H]2CCCC(=O)NC2=O)C3=O)cc1)c1ccccc1O. The van der Waals surface area contributed by atoms with E-state index in [1.54, 1.807) is 29.2 Å². The molecule has 1 fully saturated rings. The van der Waals surface area contributed by atoms with Crippen molar-refractivity contribution in [3.8, 4) is 11.5 Å². The van der Waals surface area contributed by atoms with Crippen molar-refractivity contribution in [2.75, 3.05) is 11.9 Å². The highest BCUT2D eigenvalue weighted by molar-refractivity contribution is 6.04. The van der Waals surface area contributed by atoms with E-state index in [1.807, 2.05) is 54.4 Å². The van der Waals surface area contributed by atoms with E-state index in [-0.39, 0.29) is 30.5 Å². The molecule has 2 heterocycles. The lowest BCUT2D eigenvalue weighted by Gasteiger charge is -2.24. The molecule has 3 aromatic carbocycles. The molecule has 2 aliphatic rings. The number of carbonyl (C=O) groups excluding carboxylic acids is 3. The highest BCUT2D eigenvalue weighted by Crippen LogP contribution is 2.34. The molecule has 1 atom stereocenters. The summed E-state index contributed by atoms with van der Waals surface area (Å²) in [5, 5.41) is 12.5. The topological polar surface area (TPSA) is 99.2 Å². The molecule has 2 N–H and O–H groups in total. The van der Waals surface area contributed by atoms with Gasteiger partial charge in [-0.2, -0.15) is 0 Å². The molecule has 8 heteroatoms. The Kier molecular flexibility index (Phi) is 6.81. The zero-order chi connectivity index (χ0) is 25.9. The van der Waals surface area contributed by atoms with Crippen molar-refractivity contribution in [2.45, 2.75) is 45.0 Å². The molecule has 0 spiro atoms. The normalized spacial score (nSPS) is 17.3. The van der Waals surface area contributed by atoms with Crippen molar-refractivity contribution in [1.29, 1.82) is 0 Å². The molecular weight excluding hydrogens is 470 g/mol. The molecule has 0 unspecified atom stereocenters. The Morgan fingerprint density at radius 2 is 1.76 bits per heavy atom. The lowest BCUT2D eigenvalue weighted by atomic mass is 10.1. The Morgan fingerprint density at radius 1 is 1.00 bits per heavy atom. The van der Waals surface area contributed by atoms with Gasteiger partial charge in [0.1, 0.15) is 24.1 Å². The van der Waals surface area contributed by atoms with E-state index in [1.165, 1.54) is 0 Å². The van der Waals surface area contributed by atoms with Crippen molar-refractivity contribution < 1.29 is 24.2 Å². The summed E-state index contributed by atoms with van der Waals surface area (Å²) in [7, 11) is 1.93. The number of hydrogen-bond acceptors (Lipinski definition) is 6. The molecule has 190 valence electrons. The third-order valence-corrected chi connectivity index (χ3v) is 6.91. The molecule has 2 aliphatic heterocycles. The molecule has 0 saturated carbocycles. The second kappa shape index (κ2) is 10.3. The number of ether oxygens (including phenoxy) is 1. The number of amides is 3. The number of nitrogens with one attached hydrogen (secondary N) is 1. The molecule has 0 bridgehead atoms. The van der Waals surface area contributed by atoms with Crippen LogP contribution in [0.4, 0.5) is 5.69 Å². The van der Waals surface area contributed by atoms with Gasteiger partial charge in [-0.25, -0.2) is 0 Å². The molecule has 0 radical (unpaired) electrons. The van der Waals surface area contributed by atoms with Gasteiger partial charge in [0.2, 0.25) is 11.8 Å². The number of phenolic OH excluding ortho intramolecular Hbond substituents is 1. The van der Waals surface area contributed by atoms with Crippen molar-refractivity contribution >= 4 is 23.4 Å². The number of para-hydroxylation sites is 2. The van der Waals surface area contributed by atoms with Crippen LogP contribution in [0.1, 0.15) is 46.3 Å². The van der Waals surface area contributed by atoms with Crippen LogP contribution >= 0.6 is 0 Å². The van der Waals surface area contributed by atoms with Crippen LogP contribution in [-0.2, 0) is 29.3 Å². The van der Waals surface area contributed by atoms with Gasteiger partial charge in [-0.05, 0) is 48.2 Å². The quantitative estimate of drug-likeness (QED) is 0.481. The number of imide groups is 1. The average molecular weight is 500 g/mol. The van der Waals surface area contributed by atoms with Crippen LogP contribution in [-0.4, -0.2) is 40.8 Å². The third-order valence-electron chi connectivity index (χ3n) is 6.91. The smallest absolute Gasteiger partial charge is 0.255 e. The lowest BCUT2D eigenvalue weighted by Crippen LogP contribution is -2.46. The average Bonchev–Trinajstić information content (AvgIpc) is 3.12. The van der Waals surface area contributed by atoms with Gasteiger partial charge in [-0.3, -0.25) is 19.7 Å². The van der Waals surface area contributed by atoms with Crippen LogP contribution in [0.5, 0.6) is 11.5 Å². The van der Waals surface area contributed by atoms with Crippen molar-refractivity contribution in [1.82, 2.24) is 10.2 Å². The van der Waals surface area contributed by atoms with Gasteiger partial charge in [-0.1, -0.05) is 42.5 Å². The summed E-state index contributed by atoms with van der Waals surface area (Å²) in [5.41, 5.74) is 4.13. The van der Waals surface area contributed by atoms with Crippen LogP contribution in [0.3, 0.4) is 0 Å². The first kappa shape index (κ1) is 24.4. The molecule has 37 heavy (non-hydrogen) atoms. The van der Waals surface area contributed by atoms with E-state index in [4.69, 9.17) is 4.74 Å². The van der Waals surface area contributed by atoms with Gasteiger partial charge in [0.05, 0.1) is 12.2 Å². The Labute approximate surface area is 215 Å². The van der Waals surface area contributed by atoms with Gasteiger partial charge in [-0.15, -0.1) is 0 Å².